The number of hydrogen-bond donors (Lipinski definition) is 3. The Labute approximate surface area is 53.3 Å². The molecule has 1 aliphatic rings. The maximum Gasteiger partial charge on any atom is 0.0934 e. The van der Waals surface area contributed by atoms with E-state index >= 15 is 0 Å². The predicted molar refractivity (Wildman–Crippen MR) is 32.0 cm³/mol. The zero-order chi connectivity index (χ0) is 6.85. The molecule has 0 aromatic carbocycles. The maximum atomic E-state index is 8.89. The van der Waals surface area contributed by atoms with Crippen molar-refractivity contribution < 1.29 is 15.3 Å². The maximum absolute atomic E-state index is 8.89. The second-order valence-electron chi connectivity index (χ2n) is 2.32. The summed E-state index contributed by atoms with van der Waals surface area (Å²) in [4.78, 5) is 0. The molecule has 0 saturated carbocycles. The Bertz CT molecular complexity index is 130. The lowest BCUT2D eigenvalue weighted by Gasteiger charge is -2.18. The monoisotopic (exact) mass is 130 g/mol. The molecule has 0 spiro atoms. The van der Waals surface area contributed by atoms with Gasteiger partial charge in [0.1, 0.15) is 0 Å². The van der Waals surface area contributed by atoms with Gasteiger partial charge >= 0.3 is 0 Å². The van der Waals surface area contributed by atoms with Gasteiger partial charge in [-0.3, -0.25) is 0 Å². The Morgan fingerprint density at radius 2 is 2.11 bits per heavy atom. The Morgan fingerprint density at radius 1 is 1.44 bits per heavy atom. The molecule has 3 nitrogen and oxygen atoms in total. The van der Waals surface area contributed by atoms with E-state index in [1.165, 1.54) is 6.08 Å². The fraction of sp³-hybridized carbons (Fsp3) is 0.667. The summed E-state index contributed by atoms with van der Waals surface area (Å²) in [6.07, 6.45) is 0.715. The van der Waals surface area contributed by atoms with Crippen LogP contribution in [0, 0.1) is 0 Å². The average Bonchev–Trinajstić information content (AvgIpc) is 1.59. The van der Waals surface area contributed by atoms with Crippen molar-refractivity contribution in [2.24, 2.45) is 0 Å². The van der Waals surface area contributed by atoms with Gasteiger partial charge < -0.3 is 15.3 Å². The molecule has 0 radical (unpaired) electrons. The lowest BCUT2D eigenvalue weighted by atomic mass is 10.0. The Balaban J connectivity index is 2.56. The van der Waals surface area contributed by atoms with Gasteiger partial charge in [-0.25, -0.2) is 0 Å². The minimum absolute atomic E-state index is 0.0845. The van der Waals surface area contributed by atoms with Crippen molar-refractivity contribution in [1.29, 1.82) is 0 Å². The van der Waals surface area contributed by atoms with Crippen LogP contribution in [0.3, 0.4) is 0 Å². The summed E-state index contributed by atoms with van der Waals surface area (Å²) in [6, 6.07) is 0. The molecule has 3 heteroatoms. The van der Waals surface area contributed by atoms with Gasteiger partial charge in [-0.05, 0) is 6.08 Å². The largest absolute Gasteiger partial charge is 0.512 e. The molecule has 0 heterocycles. The summed E-state index contributed by atoms with van der Waals surface area (Å²) in [5.41, 5.74) is 0. The van der Waals surface area contributed by atoms with Crippen molar-refractivity contribution in [3.8, 4) is 0 Å². The van der Waals surface area contributed by atoms with Gasteiger partial charge in [0.05, 0.1) is 18.0 Å². The molecule has 1 rings (SSSR count). The first-order chi connectivity index (χ1) is 4.18. The molecule has 0 saturated heterocycles. The Morgan fingerprint density at radius 3 is 2.56 bits per heavy atom. The van der Waals surface area contributed by atoms with E-state index in [1.807, 2.05) is 0 Å². The van der Waals surface area contributed by atoms with Crippen LogP contribution in [0.2, 0.25) is 0 Å². The molecule has 0 aromatic rings. The quantitative estimate of drug-likeness (QED) is 0.430. The fourth-order valence-electron chi connectivity index (χ4n) is 0.962. The summed E-state index contributed by atoms with van der Waals surface area (Å²) < 4.78 is 0. The van der Waals surface area contributed by atoms with E-state index in [9.17, 15) is 0 Å². The van der Waals surface area contributed by atoms with Crippen LogP contribution in [0.5, 0.6) is 0 Å². The van der Waals surface area contributed by atoms with E-state index in [1.54, 1.807) is 0 Å². The summed E-state index contributed by atoms with van der Waals surface area (Å²) >= 11 is 0. The molecule has 52 valence electrons. The van der Waals surface area contributed by atoms with Crippen LogP contribution >= 0.6 is 0 Å². The molecule has 2 atom stereocenters. The number of rotatable bonds is 0. The van der Waals surface area contributed by atoms with E-state index in [2.05, 4.69) is 0 Å². The highest BCUT2D eigenvalue weighted by Crippen LogP contribution is 2.15. The molecule has 0 fully saturated rings. The fourth-order valence-corrected chi connectivity index (χ4v) is 0.962. The third kappa shape index (κ3) is 1.69. The van der Waals surface area contributed by atoms with Gasteiger partial charge in [0, 0.05) is 12.8 Å². The molecular formula is C6H10O3. The van der Waals surface area contributed by atoms with E-state index in [0.717, 1.165) is 0 Å². The second-order valence-corrected chi connectivity index (χ2v) is 2.32. The number of aliphatic hydroxyl groups is 3. The topological polar surface area (TPSA) is 60.7 Å². The summed E-state index contributed by atoms with van der Waals surface area (Å²) in [6.45, 7) is 0. The minimum atomic E-state index is -0.672. The standard InChI is InChI=1S/C6H10O3/c7-4-1-5(8)3-6(9)2-4/h1,4,6-9H,2-3H2/t4-,6?/m1/s1. The Kier molecular flexibility index (Phi) is 1.73. The number of hydrogen-bond acceptors (Lipinski definition) is 3. The molecule has 0 bridgehead atoms. The van der Waals surface area contributed by atoms with Crippen LogP contribution in [-0.4, -0.2) is 27.5 Å². The summed E-state index contributed by atoms with van der Waals surface area (Å²) in [5, 5.41) is 26.5. The molecule has 1 unspecified atom stereocenters. The van der Waals surface area contributed by atoms with Crippen LogP contribution in [-0.2, 0) is 0 Å². The SMILES string of the molecule is OC1=C[C@@H](O)CC(O)C1. The summed E-state index contributed by atoms with van der Waals surface area (Å²) in [7, 11) is 0. The first kappa shape index (κ1) is 6.58. The predicted octanol–water partition coefficient (Wildman–Crippen LogP) is -0.0561. The van der Waals surface area contributed by atoms with Crippen molar-refractivity contribution in [3.63, 3.8) is 0 Å². The lowest BCUT2D eigenvalue weighted by molar-refractivity contribution is 0.0796. The highest BCUT2D eigenvalue weighted by Gasteiger charge is 2.17. The van der Waals surface area contributed by atoms with Crippen molar-refractivity contribution in [2.45, 2.75) is 25.0 Å². The zero-order valence-electron chi connectivity index (χ0n) is 4.99. The first-order valence-electron chi connectivity index (χ1n) is 2.94. The van der Waals surface area contributed by atoms with E-state index in [0.29, 0.717) is 6.42 Å². The van der Waals surface area contributed by atoms with Gasteiger partial charge in [-0.2, -0.15) is 0 Å². The Hall–Kier alpha value is -0.540. The van der Waals surface area contributed by atoms with Gasteiger partial charge in [-0.1, -0.05) is 0 Å². The molecule has 3 N–H and O–H groups in total. The van der Waals surface area contributed by atoms with Crippen molar-refractivity contribution >= 4 is 0 Å². The minimum Gasteiger partial charge on any atom is -0.512 e. The van der Waals surface area contributed by atoms with Crippen LogP contribution in [0.25, 0.3) is 0 Å². The van der Waals surface area contributed by atoms with Crippen LogP contribution in [0.1, 0.15) is 12.8 Å². The average molecular weight is 130 g/mol. The van der Waals surface area contributed by atoms with Crippen molar-refractivity contribution in [2.75, 3.05) is 0 Å². The van der Waals surface area contributed by atoms with Crippen LogP contribution < -0.4 is 0 Å². The van der Waals surface area contributed by atoms with Crippen LogP contribution in [0.15, 0.2) is 11.8 Å². The van der Waals surface area contributed by atoms with Gasteiger partial charge in [0.2, 0.25) is 0 Å². The first-order valence-corrected chi connectivity index (χ1v) is 2.94. The highest BCUT2D eigenvalue weighted by molar-refractivity contribution is 5.02. The van der Waals surface area contributed by atoms with E-state index in [4.69, 9.17) is 15.3 Å². The zero-order valence-corrected chi connectivity index (χ0v) is 4.99. The van der Waals surface area contributed by atoms with Crippen molar-refractivity contribution in [1.82, 2.24) is 0 Å². The molecule has 9 heavy (non-hydrogen) atoms. The number of aliphatic hydroxyl groups excluding tert-OH is 3. The molecular weight excluding hydrogens is 120 g/mol. The highest BCUT2D eigenvalue weighted by atomic mass is 16.3. The summed E-state index contributed by atoms with van der Waals surface area (Å²) in [5.74, 6) is 0.0845. The lowest BCUT2D eigenvalue weighted by Crippen LogP contribution is -2.21. The van der Waals surface area contributed by atoms with Gasteiger partial charge in [0.25, 0.3) is 0 Å². The van der Waals surface area contributed by atoms with Gasteiger partial charge in [0.15, 0.2) is 0 Å². The van der Waals surface area contributed by atoms with Crippen LogP contribution in [0.4, 0.5) is 0 Å². The smallest absolute Gasteiger partial charge is 0.0934 e. The third-order valence-electron chi connectivity index (χ3n) is 1.34. The second kappa shape index (κ2) is 2.37. The van der Waals surface area contributed by atoms with Crippen molar-refractivity contribution in [3.05, 3.63) is 11.8 Å². The molecule has 0 amide bonds. The molecule has 0 aromatic heterocycles. The van der Waals surface area contributed by atoms with Gasteiger partial charge in [-0.15, -0.1) is 0 Å². The van der Waals surface area contributed by atoms with E-state index in [-0.39, 0.29) is 12.2 Å². The third-order valence-corrected chi connectivity index (χ3v) is 1.34. The van der Waals surface area contributed by atoms with E-state index < -0.39 is 12.2 Å². The normalized spacial score (nSPS) is 36.0. The molecule has 0 aliphatic heterocycles. The molecule has 1 aliphatic carbocycles.